The van der Waals surface area contributed by atoms with Gasteiger partial charge >= 0.3 is 0 Å². The first-order valence-electron chi connectivity index (χ1n) is 9.31. The number of halogens is 1. The number of benzene rings is 1. The Morgan fingerprint density at radius 2 is 1.90 bits per heavy atom. The molecule has 0 saturated carbocycles. The summed E-state index contributed by atoms with van der Waals surface area (Å²) in [4.78, 5) is 23.9. The van der Waals surface area contributed by atoms with E-state index in [1.54, 1.807) is 5.38 Å². The molecule has 152 valence electrons. The van der Waals surface area contributed by atoms with Gasteiger partial charge in [-0.05, 0) is 26.0 Å². The predicted molar refractivity (Wildman–Crippen MR) is 118 cm³/mol. The maximum atomic E-state index is 12.5. The van der Waals surface area contributed by atoms with E-state index in [1.807, 2.05) is 29.6 Å². The van der Waals surface area contributed by atoms with Crippen LogP contribution in [0.4, 0.5) is 5.13 Å². The molecule has 4 rings (SSSR count). The molecule has 3 heterocycles. The number of nitrogens with one attached hydrogen (secondary N) is 1. The number of carbonyl (C=O) groups is 1. The Hall–Kier alpha value is -1.84. The Morgan fingerprint density at radius 3 is 2.62 bits per heavy atom. The minimum absolute atomic E-state index is 0.219. The average molecular weight is 449 g/mol. The molecule has 2 unspecified atom stereocenters. The summed E-state index contributed by atoms with van der Waals surface area (Å²) in [5, 5.41) is 8.63. The standard InChI is InChI=1S/C20H21ClN4O2S2/c1-12-7-25(8-13(2)27-12)9-16-10-29-20(22-16)24-18(26)17-11-28-19(23-17)14-3-5-15(21)6-4-14/h3-6,10-13H,7-9H2,1-2H3,(H,22,24,26). The van der Waals surface area contributed by atoms with E-state index in [0.29, 0.717) is 15.8 Å². The van der Waals surface area contributed by atoms with Gasteiger partial charge in [-0.15, -0.1) is 22.7 Å². The zero-order valence-electron chi connectivity index (χ0n) is 16.1. The number of anilines is 1. The normalized spacial score (nSPS) is 20.0. The number of amides is 1. The summed E-state index contributed by atoms with van der Waals surface area (Å²) in [6, 6.07) is 7.41. The van der Waals surface area contributed by atoms with Gasteiger partial charge in [-0.1, -0.05) is 23.7 Å². The molecule has 0 bridgehead atoms. The van der Waals surface area contributed by atoms with Crippen LogP contribution in [0.2, 0.25) is 5.02 Å². The SMILES string of the molecule is CC1CN(Cc2csc(NC(=O)c3csc(-c4ccc(Cl)cc4)n3)n2)CC(C)O1. The number of thiazole rings is 2. The van der Waals surface area contributed by atoms with E-state index >= 15 is 0 Å². The van der Waals surface area contributed by atoms with E-state index in [1.165, 1.54) is 22.7 Å². The fourth-order valence-electron chi connectivity index (χ4n) is 3.34. The molecular formula is C20H21ClN4O2S2. The van der Waals surface area contributed by atoms with Crippen molar-refractivity contribution in [1.29, 1.82) is 0 Å². The number of carbonyl (C=O) groups excluding carboxylic acids is 1. The molecule has 1 aliphatic rings. The summed E-state index contributed by atoms with van der Waals surface area (Å²) in [6.07, 6.45) is 0.437. The molecule has 1 saturated heterocycles. The number of morpholine rings is 1. The molecule has 0 aliphatic carbocycles. The van der Waals surface area contributed by atoms with Crippen LogP contribution in [-0.4, -0.2) is 46.1 Å². The molecule has 2 aromatic heterocycles. The fraction of sp³-hybridized carbons (Fsp3) is 0.350. The molecule has 1 N–H and O–H groups in total. The lowest BCUT2D eigenvalue weighted by atomic mass is 10.2. The summed E-state index contributed by atoms with van der Waals surface area (Å²) in [7, 11) is 0. The van der Waals surface area contributed by atoms with Crippen molar-refractivity contribution in [3.8, 4) is 10.6 Å². The van der Waals surface area contributed by atoms with Gasteiger partial charge in [-0.3, -0.25) is 15.0 Å². The van der Waals surface area contributed by atoms with Crippen molar-refractivity contribution in [2.75, 3.05) is 18.4 Å². The Morgan fingerprint density at radius 1 is 1.17 bits per heavy atom. The van der Waals surface area contributed by atoms with Gasteiger partial charge in [0.25, 0.3) is 5.91 Å². The molecular weight excluding hydrogens is 428 g/mol. The lowest BCUT2D eigenvalue weighted by Crippen LogP contribution is -2.44. The van der Waals surface area contributed by atoms with Crippen LogP contribution in [0.1, 0.15) is 30.0 Å². The van der Waals surface area contributed by atoms with Gasteiger partial charge in [0.2, 0.25) is 0 Å². The molecule has 1 aromatic carbocycles. The molecule has 2 atom stereocenters. The van der Waals surface area contributed by atoms with Crippen LogP contribution in [0.15, 0.2) is 35.0 Å². The Balaban J connectivity index is 1.37. The Bertz CT molecular complexity index is 979. The molecule has 6 nitrogen and oxygen atoms in total. The quantitative estimate of drug-likeness (QED) is 0.608. The summed E-state index contributed by atoms with van der Waals surface area (Å²) >= 11 is 8.78. The maximum absolute atomic E-state index is 12.5. The number of nitrogens with zero attached hydrogens (tertiary/aromatic N) is 3. The monoisotopic (exact) mass is 448 g/mol. The zero-order valence-corrected chi connectivity index (χ0v) is 18.5. The van der Waals surface area contributed by atoms with Crippen LogP contribution in [0.25, 0.3) is 10.6 Å². The largest absolute Gasteiger partial charge is 0.373 e. The van der Waals surface area contributed by atoms with Crippen LogP contribution < -0.4 is 5.32 Å². The summed E-state index contributed by atoms with van der Waals surface area (Å²) in [5.74, 6) is -0.254. The van der Waals surface area contributed by atoms with Crippen molar-refractivity contribution < 1.29 is 9.53 Å². The van der Waals surface area contributed by atoms with Gasteiger partial charge in [0.15, 0.2) is 5.13 Å². The van der Waals surface area contributed by atoms with Crippen LogP contribution in [0.3, 0.4) is 0 Å². The molecule has 0 spiro atoms. The molecule has 29 heavy (non-hydrogen) atoms. The third-order valence-corrected chi connectivity index (χ3v) is 6.43. The molecule has 0 radical (unpaired) electrons. The third kappa shape index (κ3) is 5.21. The second-order valence-corrected chi connectivity index (χ2v) is 9.25. The first-order valence-corrected chi connectivity index (χ1v) is 11.4. The summed E-state index contributed by atoms with van der Waals surface area (Å²) < 4.78 is 5.77. The lowest BCUT2D eigenvalue weighted by molar-refractivity contribution is -0.0707. The van der Waals surface area contributed by atoms with Crippen molar-refractivity contribution in [3.05, 3.63) is 51.4 Å². The second kappa shape index (κ2) is 8.89. The minimum atomic E-state index is -0.254. The minimum Gasteiger partial charge on any atom is -0.373 e. The molecule has 1 aliphatic heterocycles. The van der Waals surface area contributed by atoms with E-state index in [2.05, 4.69) is 34.0 Å². The van der Waals surface area contributed by atoms with Crippen LogP contribution in [0.5, 0.6) is 0 Å². The van der Waals surface area contributed by atoms with E-state index in [4.69, 9.17) is 16.3 Å². The average Bonchev–Trinajstić information content (AvgIpc) is 3.31. The predicted octanol–water partition coefficient (Wildman–Crippen LogP) is 4.78. The van der Waals surface area contributed by atoms with Crippen LogP contribution in [-0.2, 0) is 11.3 Å². The first kappa shape index (κ1) is 20.4. The van der Waals surface area contributed by atoms with Gasteiger partial charge in [-0.2, -0.15) is 0 Å². The molecule has 1 amide bonds. The number of aromatic nitrogens is 2. The highest BCUT2D eigenvalue weighted by molar-refractivity contribution is 7.14. The highest BCUT2D eigenvalue weighted by Crippen LogP contribution is 2.26. The highest BCUT2D eigenvalue weighted by atomic mass is 35.5. The first-order chi connectivity index (χ1) is 14.0. The zero-order chi connectivity index (χ0) is 20.4. The van der Waals surface area contributed by atoms with Crippen molar-refractivity contribution in [2.45, 2.75) is 32.6 Å². The van der Waals surface area contributed by atoms with Gasteiger partial charge in [-0.25, -0.2) is 9.97 Å². The van der Waals surface area contributed by atoms with Gasteiger partial charge in [0, 0.05) is 41.0 Å². The van der Waals surface area contributed by atoms with Crippen LogP contribution >= 0.6 is 34.3 Å². The topological polar surface area (TPSA) is 67.4 Å². The number of rotatable bonds is 5. The van der Waals surface area contributed by atoms with Crippen molar-refractivity contribution >= 4 is 45.3 Å². The van der Waals surface area contributed by atoms with E-state index in [9.17, 15) is 4.79 Å². The van der Waals surface area contributed by atoms with E-state index < -0.39 is 0 Å². The summed E-state index contributed by atoms with van der Waals surface area (Å²) in [5.41, 5.74) is 2.27. The van der Waals surface area contributed by atoms with Crippen molar-refractivity contribution in [1.82, 2.24) is 14.9 Å². The third-order valence-electron chi connectivity index (χ3n) is 4.48. The fourth-order valence-corrected chi connectivity index (χ4v) is 4.97. The maximum Gasteiger partial charge on any atom is 0.276 e. The van der Waals surface area contributed by atoms with Crippen molar-refractivity contribution in [3.63, 3.8) is 0 Å². The molecule has 1 fully saturated rings. The van der Waals surface area contributed by atoms with Gasteiger partial charge < -0.3 is 4.74 Å². The van der Waals surface area contributed by atoms with E-state index in [-0.39, 0.29) is 18.1 Å². The van der Waals surface area contributed by atoms with Gasteiger partial charge in [0.05, 0.1) is 17.9 Å². The highest BCUT2D eigenvalue weighted by Gasteiger charge is 2.23. The van der Waals surface area contributed by atoms with Crippen molar-refractivity contribution in [2.24, 2.45) is 0 Å². The lowest BCUT2D eigenvalue weighted by Gasteiger charge is -2.34. The van der Waals surface area contributed by atoms with Gasteiger partial charge in [0.1, 0.15) is 10.7 Å². The van der Waals surface area contributed by atoms with E-state index in [0.717, 1.165) is 35.9 Å². The summed E-state index contributed by atoms with van der Waals surface area (Å²) in [6.45, 7) is 6.69. The second-order valence-electron chi connectivity index (χ2n) is 7.09. The smallest absolute Gasteiger partial charge is 0.276 e. The Kier molecular flexibility index (Phi) is 6.26. The molecule has 3 aromatic rings. The van der Waals surface area contributed by atoms with Crippen LogP contribution in [0, 0.1) is 0 Å². The number of ether oxygens (including phenoxy) is 1. The number of hydrogen-bond donors (Lipinski definition) is 1. The Labute approximate surface area is 182 Å². The molecule has 9 heteroatoms. The number of hydrogen-bond acceptors (Lipinski definition) is 7.